The van der Waals surface area contributed by atoms with E-state index in [9.17, 15) is 8.78 Å². The van der Waals surface area contributed by atoms with Crippen LogP contribution in [0.15, 0.2) is 30.5 Å². The van der Waals surface area contributed by atoms with E-state index in [1.54, 1.807) is 0 Å². The van der Waals surface area contributed by atoms with Gasteiger partial charge in [0.05, 0.1) is 12.2 Å². The first-order chi connectivity index (χ1) is 8.56. The first-order valence-electron chi connectivity index (χ1n) is 5.79. The Balaban J connectivity index is 2.00. The van der Waals surface area contributed by atoms with Crippen LogP contribution in [0.25, 0.3) is 0 Å². The standard InChI is InChI=1S/C13H15F2N3/c1-9(2)18-6-5-11(17-18)8-16-10-3-4-12(14)13(15)7-10/h3-7,9,16H,8H2,1-2H3. The molecule has 0 spiro atoms. The minimum atomic E-state index is -0.854. The Morgan fingerprint density at radius 1 is 1.22 bits per heavy atom. The zero-order valence-electron chi connectivity index (χ0n) is 10.3. The van der Waals surface area contributed by atoms with Crippen molar-refractivity contribution >= 4 is 5.69 Å². The molecular formula is C13H15F2N3. The summed E-state index contributed by atoms with van der Waals surface area (Å²) in [5.74, 6) is -1.70. The summed E-state index contributed by atoms with van der Waals surface area (Å²) < 4.78 is 27.6. The summed E-state index contributed by atoms with van der Waals surface area (Å²) in [5.41, 5.74) is 1.39. The van der Waals surface area contributed by atoms with Gasteiger partial charge in [0, 0.05) is 24.0 Å². The summed E-state index contributed by atoms with van der Waals surface area (Å²) in [6, 6.07) is 5.94. The highest BCUT2D eigenvalue weighted by Gasteiger charge is 2.04. The van der Waals surface area contributed by atoms with E-state index in [0.29, 0.717) is 18.3 Å². The van der Waals surface area contributed by atoms with Gasteiger partial charge in [-0.1, -0.05) is 0 Å². The van der Waals surface area contributed by atoms with E-state index in [4.69, 9.17) is 0 Å². The highest BCUT2D eigenvalue weighted by atomic mass is 19.2. The maximum atomic E-state index is 13.0. The van der Waals surface area contributed by atoms with Crippen LogP contribution in [-0.2, 0) is 6.54 Å². The van der Waals surface area contributed by atoms with Crippen LogP contribution in [0.5, 0.6) is 0 Å². The molecule has 3 nitrogen and oxygen atoms in total. The Morgan fingerprint density at radius 2 is 2.00 bits per heavy atom. The molecule has 1 aromatic carbocycles. The van der Waals surface area contributed by atoms with Gasteiger partial charge in [-0.05, 0) is 32.0 Å². The van der Waals surface area contributed by atoms with Crippen LogP contribution in [-0.4, -0.2) is 9.78 Å². The van der Waals surface area contributed by atoms with Gasteiger partial charge in [0.2, 0.25) is 0 Å². The lowest BCUT2D eigenvalue weighted by molar-refractivity contribution is 0.509. The van der Waals surface area contributed by atoms with E-state index in [2.05, 4.69) is 10.4 Å². The van der Waals surface area contributed by atoms with Gasteiger partial charge < -0.3 is 5.32 Å². The third-order valence-corrected chi connectivity index (χ3v) is 2.59. The molecule has 0 fully saturated rings. The zero-order chi connectivity index (χ0) is 13.1. The van der Waals surface area contributed by atoms with E-state index in [1.165, 1.54) is 6.07 Å². The van der Waals surface area contributed by atoms with Gasteiger partial charge in [-0.25, -0.2) is 8.78 Å². The van der Waals surface area contributed by atoms with Gasteiger partial charge in [0.1, 0.15) is 0 Å². The highest BCUT2D eigenvalue weighted by Crippen LogP contribution is 2.14. The summed E-state index contributed by atoms with van der Waals surface area (Å²) in [5, 5.41) is 7.35. The molecule has 1 N–H and O–H groups in total. The van der Waals surface area contributed by atoms with E-state index in [1.807, 2.05) is 30.8 Å². The van der Waals surface area contributed by atoms with Crippen LogP contribution in [0, 0.1) is 11.6 Å². The quantitative estimate of drug-likeness (QED) is 0.903. The van der Waals surface area contributed by atoms with Gasteiger partial charge in [0.15, 0.2) is 11.6 Å². The first-order valence-corrected chi connectivity index (χ1v) is 5.79. The number of aromatic nitrogens is 2. The zero-order valence-corrected chi connectivity index (χ0v) is 10.3. The van der Waals surface area contributed by atoms with E-state index >= 15 is 0 Å². The molecular weight excluding hydrogens is 236 g/mol. The van der Waals surface area contributed by atoms with Crippen molar-refractivity contribution < 1.29 is 8.78 Å². The number of hydrogen-bond acceptors (Lipinski definition) is 2. The van der Waals surface area contributed by atoms with E-state index in [0.717, 1.165) is 17.8 Å². The van der Waals surface area contributed by atoms with Gasteiger partial charge in [-0.2, -0.15) is 5.10 Å². The average Bonchev–Trinajstić information content (AvgIpc) is 2.79. The number of nitrogens with zero attached hydrogens (tertiary/aromatic N) is 2. The molecule has 0 aliphatic heterocycles. The van der Waals surface area contributed by atoms with Crippen LogP contribution < -0.4 is 5.32 Å². The molecule has 0 saturated heterocycles. The maximum Gasteiger partial charge on any atom is 0.160 e. The van der Waals surface area contributed by atoms with Crippen LogP contribution in [0.2, 0.25) is 0 Å². The number of benzene rings is 1. The fourth-order valence-corrected chi connectivity index (χ4v) is 1.56. The molecule has 0 bridgehead atoms. The molecule has 0 atom stereocenters. The molecule has 1 heterocycles. The smallest absolute Gasteiger partial charge is 0.160 e. The fourth-order valence-electron chi connectivity index (χ4n) is 1.56. The predicted octanol–water partition coefficient (Wildman–Crippen LogP) is 3.35. The highest BCUT2D eigenvalue weighted by molar-refractivity contribution is 5.43. The molecule has 0 saturated carbocycles. The lowest BCUT2D eigenvalue weighted by Gasteiger charge is -2.06. The maximum absolute atomic E-state index is 13.0. The Bertz CT molecular complexity index is 535. The van der Waals surface area contributed by atoms with Crippen molar-refractivity contribution in [1.82, 2.24) is 9.78 Å². The molecule has 0 unspecified atom stereocenters. The van der Waals surface area contributed by atoms with Gasteiger partial charge in [-0.3, -0.25) is 4.68 Å². The predicted molar refractivity (Wildman–Crippen MR) is 66.3 cm³/mol. The normalized spacial score (nSPS) is 10.9. The molecule has 96 valence electrons. The third-order valence-electron chi connectivity index (χ3n) is 2.59. The van der Waals surface area contributed by atoms with Crippen molar-refractivity contribution in [3.63, 3.8) is 0 Å². The summed E-state index contributed by atoms with van der Waals surface area (Å²) in [7, 11) is 0. The Hall–Kier alpha value is -1.91. The van der Waals surface area contributed by atoms with Crippen LogP contribution in [0.3, 0.4) is 0 Å². The number of nitrogens with one attached hydrogen (secondary N) is 1. The SMILES string of the molecule is CC(C)n1ccc(CNc2ccc(F)c(F)c2)n1. The van der Waals surface area contributed by atoms with Crippen molar-refractivity contribution in [2.75, 3.05) is 5.32 Å². The first kappa shape index (κ1) is 12.5. The molecule has 0 amide bonds. The summed E-state index contributed by atoms with van der Waals surface area (Å²) in [6.45, 7) is 4.56. The molecule has 1 aromatic heterocycles. The minimum Gasteiger partial charge on any atom is -0.379 e. The van der Waals surface area contributed by atoms with Crippen molar-refractivity contribution in [2.24, 2.45) is 0 Å². The van der Waals surface area contributed by atoms with Gasteiger partial charge >= 0.3 is 0 Å². The Labute approximate surface area is 104 Å². The average molecular weight is 251 g/mol. The molecule has 0 aliphatic carbocycles. The lowest BCUT2D eigenvalue weighted by Crippen LogP contribution is -2.05. The van der Waals surface area contributed by atoms with Crippen molar-refractivity contribution in [2.45, 2.75) is 26.4 Å². The van der Waals surface area contributed by atoms with Crippen LogP contribution in [0.4, 0.5) is 14.5 Å². The van der Waals surface area contributed by atoms with E-state index in [-0.39, 0.29) is 0 Å². The van der Waals surface area contributed by atoms with Crippen LogP contribution >= 0.6 is 0 Å². The monoisotopic (exact) mass is 251 g/mol. The van der Waals surface area contributed by atoms with E-state index < -0.39 is 11.6 Å². The van der Waals surface area contributed by atoms with Crippen molar-refractivity contribution in [3.8, 4) is 0 Å². The summed E-state index contributed by atoms with van der Waals surface area (Å²) in [6.07, 6.45) is 1.90. The number of rotatable bonds is 4. The number of hydrogen-bond donors (Lipinski definition) is 1. The van der Waals surface area contributed by atoms with Crippen LogP contribution in [0.1, 0.15) is 25.6 Å². The second kappa shape index (κ2) is 5.16. The topological polar surface area (TPSA) is 29.9 Å². The minimum absolute atomic E-state index is 0.307. The molecule has 5 heteroatoms. The molecule has 2 rings (SSSR count). The second-order valence-corrected chi connectivity index (χ2v) is 4.36. The number of anilines is 1. The van der Waals surface area contributed by atoms with Gasteiger partial charge in [0.25, 0.3) is 0 Å². The lowest BCUT2D eigenvalue weighted by atomic mass is 10.3. The Morgan fingerprint density at radius 3 is 2.61 bits per heavy atom. The van der Waals surface area contributed by atoms with Gasteiger partial charge in [-0.15, -0.1) is 0 Å². The largest absolute Gasteiger partial charge is 0.379 e. The molecule has 0 radical (unpaired) electrons. The molecule has 0 aliphatic rings. The summed E-state index contributed by atoms with van der Waals surface area (Å²) in [4.78, 5) is 0. The Kier molecular flexibility index (Phi) is 3.60. The summed E-state index contributed by atoms with van der Waals surface area (Å²) >= 11 is 0. The fraction of sp³-hybridized carbons (Fsp3) is 0.308. The molecule has 18 heavy (non-hydrogen) atoms. The number of halogens is 2. The molecule has 2 aromatic rings. The van der Waals surface area contributed by atoms with Crippen molar-refractivity contribution in [3.05, 3.63) is 47.8 Å². The third kappa shape index (κ3) is 2.85. The van der Waals surface area contributed by atoms with Crippen molar-refractivity contribution in [1.29, 1.82) is 0 Å². The second-order valence-electron chi connectivity index (χ2n) is 4.36.